The second kappa shape index (κ2) is 4.07. The van der Waals surface area contributed by atoms with Crippen molar-refractivity contribution < 1.29 is 9.90 Å². The molecule has 0 aromatic rings. The van der Waals surface area contributed by atoms with E-state index < -0.39 is 0 Å². The fourth-order valence-electron chi connectivity index (χ4n) is 1.11. The van der Waals surface area contributed by atoms with E-state index in [1.54, 1.807) is 0 Å². The lowest BCUT2D eigenvalue weighted by molar-refractivity contribution is -0.121. The standard InChI is InChI=1S/C9H18N2O2/c1-7(2)10-5-8(13)11-9(6-12)3-4-9/h7,10,12H,3-6H2,1-2H3,(H,11,13). The van der Waals surface area contributed by atoms with Crippen LogP contribution in [-0.2, 0) is 4.79 Å². The molecule has 0 saturated heterocycles. The molecule has 13 heavy (non-hydrogen) atoms. The number of aliphatic hydroxyl groups excluding tert-OH is 1. The summed E-state index contributed by atoms with van der Waals surface area (Å²) >= 11 is 0. The van der Waals surface area contributed by atoms with Crippen LogP contribution in [0, 0.1) is 0 Å². The van der Waals surface area contributed by atoms with Crippen LogP contribution in [0.1, 0.15) is 26.7 Å². The minimum atomic E-state index is -0.282. The normalized spacial score (nSPS) is 18.8. The molecule has 1 fully saturated rings. The second-order valence-electron chi connectivity index (χ2n) is 4.02. The molecular formula is C9H18N2O2. The number of amides is 1. The fourth-order valence-corrected chi connectivity index (χ4v) is 1.11. The Labute approximate surface area is 78.7 Å². The van der Waals surface area contributed by atoms with Gasteiger partial charge in [0.25, 0.3) is 0 Å². The molecular weight excluding hydrogens is 168 g/mol. The molecule has 3 N–H and O–H groups in total. The molecule has 0 spiro atoms. The first kappa shape index (κ1) is 10.5. The molecule has 0 atom stereocenters. The van der Waals surface area contributed by atoms with Gasteiger partial charge in [0.1, 0.15) is 0 Å². The molecule has 0 radical (unpaired) electrons. The molecule has 0 heterocycles. The maximum Gasteiger partial charge on any atom is 0.234 e. The van der Waals surface area contributed by atoms with Crippen molar-refractivity contribution >= 4 is 5.91 Å². The third-order valence-corrected chi connectivity index (χ3v) is 2.23. The molecule has 76 valence electrons. The lowest BCUT2D eigenvalue weighted by Crippen LogP contribution is -2.45. The van der Waals surface area contributed by atoms with Crippen molar-refractivity contribution in [3.05, 3.63) is 0 Å². The van der Waals surface area contributed by atoms with Crippen LogP contribution in [-0.4, -0.2) is 35.7 Å². The zero-order valence-electron chi connectivity index (χ0n) is 8.26. The van der Waals surface area contributed by atoms with Gasteiger partial charge in [-0.2, -0.15) is 0 Å². The van der Waals surface area contributed by atoms with E-state index in [0.717, 1.165) is 12.8 Å². The van der Waals surface area contributed by atoms with Crippen molar-refractivity contribution in [3.8, 4) is 0 Å². The number of aliphatic hydroxyl groups is 1. The summed E-state index contributed by atoms with van der Waals surface area (Å²) in [5, 5.41) is 14.8. The van der Waals surface area contributed by atoms with Gasteiger partial charge >= 0.3 is 0 Å². The number of carbonyl (C=O) groups is 1. The third-order valence-electron chi connectivity index (χ3n) is 2.23. The minimum absolute atomic E-state index is 0.0275. The van der Waals surface area contributed by atoms with Gasteiger partial charge in [-0.25, -0.2) is 0 Å². The van der Waals surface area contributed by atoms with E-state index in [-0.39, 0.29) is 18.1 Å². The molecule has 1 rings (SSSR count). The van der Waals surface area contributed by atoms with Crippen molar-refractivity contribution in [2.24, 2.45) is 0 Å². The predicted molar refractivity (Wildman–Crippen MR) is 50.3 cm³/mol. The monoisotopic (exact) mass is 186 g/mol. The quantitative estimate of drug-likeness (QED) is 0.549. The topological polar surface area (TPSA) is 61.4 Å². The van der Waals surface area contributed by atoms with Crippen molar-refractivity contribution in [2.45, 2.75) is 38.3 Å². The lowest BCUT2D eigenvalue weighted by atomic mass is 10.3. The Morgan fingerprint density at radius 2 is 2.15 bits per heavy atom. The van der Waals surface area contributed by atoms with E-state index in [1.165, 1.54) is 0 Å². The van der Waals surface area contributed by atoms with Gasteiger partial charge in [-0.05, 0) is 12.8 Å². The summed E-state index contributed by atoms with van der Waals surface area (Å²) in [7, 11) is 0. The smallest absolute Gasteiger partial charge is 0.234 e. The highest BCUT2D eigenvalue weighted by Crippen LogP contribution is 2.34. The summed E-state index contributed by atoms with van der Waals surface area (Å²) in [6, 6.07) is 0.315. The number of nitrogens with one attached hydrogen (secondary N) is 2. The molecule has 0 aromatic carbocycles. The molecule has 1 saturated carbocycles. The predicted octanol–water partition coefficient (Wildman–Crippen LogP) is -0.374. The second-order valence-corrected chi connectivity index (χ2v) is 4.02. The first-order valence-electron chi connectivity index (χ1n) is 4.73. The van der Waals surface area contributed by atoms with Crippen LogP contribution in [0.4, 0.5) is 0 Å². The molecule has 1 aliphatic rings. The van der Waals surface area contributed by atoms with Gasteiger partial charge in [0.05, 0.1) is 18.7 Å². The Morgan fingerprint density at radius 1 is 1.54 bits per heavy atom. The zero-order valence-corrected chi connectivity index (χ0v) is 8.26. The Bertz CT molecular complexity index is 188. The first-order chi connectivity index (χ1) is 6.08. The van der Waals surface area contributed by atoms with Crippen LogP contribution in [0.3, 0.4) is 0 Å². The van der Waals surface area contributed by atoms with E-state index >= 15 is 0 Å². The summed E-state index contributed by atoms with van der Waals surface area (Å²) in [6.45, 7) is 4.37. The zero-order chi connectivity index (χ0) is 9.90. The molecule has 1 amide bonds. The van der Waals surface area contributed by atoms with Gasteiger partial charge in [0.2, 0.25) is 5.91 Å². The van der Waals surface area contributed by atoms with Crippen LogP contribution in [0.5, 0.6) is 0 Å². The van der Waals surface area contributed by atoms with Gasteiger partial charge in [-0.3, -0.25) is 4.79 Å². The number of carbonyl (C=O) groups excluding carboxylic acids is 1. The number of hydrogen-bond acceptors (Lipinski definition) is 3. The molecule has 4 heteroatoms. The van der Waals surface area contributed by atoms with E-state index in [4.69, 9.17) is 5.11 Å². The summed E-state index contributed by atoms with van der Waals surface area (Å²) in [5.74, 6) is -0.0275. The molecule has 0 unspecified atom stereocenters. The van der Waals surface area contributed by atoms with Gasteiger partial charge in [0, 0.05) is 6.04 Å². The maximum atomic E-state index is 11.3. The summed E-state index contributed by atoms with van der Waals surface area (Å²) in [6.07, 6.45) is 1.80. The molecule has 4 nitrogen and oxygen atoms in total. The average Bonchev–Trinajstić information content (AvgIpc) is 2.82. The maximum absolute atomic E-state index is 11.3. The van der Waals surface area contributed by atoms with Crippen LogP contribution in [0.2, 0.25) is 0 Å². The number of hydrogen-bond donors (Lipinski definition) is 3. The van der Waals surface area contributed by atoms with Gasteiger partial charge < -0.3 is 15.7 Å². The highest BCUT2D eigenvalue weighted by atomic mass is 16.3. The minimum Gasteiger partial charge on any atom is -0.394 e. The van der Waals surface area contributed by atoms with Crippen molar-refractivity contribution in [1.29, 1.82) is 0 Å². The van der Waals surface area contributed by atoms with Gasteiger partial charge in [-0.15, -0.1) is 0 Å². The summed E-state index contributed by atoms with van der Waals surface area (Å²) in [4.78, 5) is 11.3. The SMILES string of the molecule is CC(C)NCC(=O)NC1(CO)CC1. The van der Waals surface area contributed by atoms with E-state index in [9.17, 15) is 4.79 Å². The molecule has 0 aromatic heterocycles. The highest BCUT2D eigenvalue weighted by molar-refractivity contribution is 5.79. The van der Waals surface area contributed by atoms with Crippen LogP contribution >= 0.6 is 0 Å². The van der Waals surface area contributed by atoms with Crippen molar-refractivity contribution in [1.82, 2.24) is 10.6 Å². The lowest BCUT2D eigenvalue weighted by Gasteiger charge is -2.15. The van der Waals surface area contributed by atoms with Crippen molar-refractivity contribution in [3.63, 3.8) is 0 Å². The van der Waals surface area contributed by atoms with Gasteiger partial charge in [0.15, 0.2) is 0 Å². The van der Waals surface area contributed by atoms with E-state index in [1.807, 2.05) is 13.8 Å². The largest absolute Gasteiger partial charge is 0.394 e. The van der Waals surface area contributed by atoms with Crippen LogP contribution in [0.25, 0.3) is 0 Å². The molecule has 0 aliphatic heterocycles. The Hall–Kier alpha value is -0.610. The van der Waals surface area contributed by atoms with Crippen LogP contribution in [0.15, 0.2) is 0 Å². The summed E-state index contributed by atoms with van der Waals surface area (Å²) < 4.78 is 0. The van der Waals surface area contributed by atoms with Crippen LogP contribution < -0.4 is 10.6 Å². The molecule has 0 bridgehead atoms. The van der Waals surface area contributed by atoms with E-state index in [0.29, 0.717) is 12.6 Å². The van der Waals surface area contributed by atoms with Gasteiger partial charge in [-0.1, -0.05) is 13.8 Å². The summed E-state index contributed by atoms with van der Waals surface area (Å²) in [5.41, 5.74) is -0.282. The Morgan fingerprint density at radius 3 is 2.54 bits per heavy atom. The van der Waals surface area contributed by atoms with Crippen molar-refractivity contribution in [2.75, 3.05) is 13.2 Å². The third kappa shape index (κ3) is 3.32. The highest BCUT2D eigenvalue weighted by Gasteiger charge is 2.43. The van der Waals surface area contributed by atoms with E-state index in [2.05, 4.69) is 10.6 Å². The Kier molecular flexibility index (Phi) is 3.27. The number of rotatable bonds is 5. The molecule has 1 aliphatic carbocycles. The average molecular weight is 186 g/mol. The first-order valence-corrected chi connectivity index (χ1v) is 4.73. The fraction of sp³-hybridized carbons (Fsp3) is 0.889. The Balaban J connectivity index is 2.18.